The van der Waals surface area contributed by atoms with Gasteiger partial charge in [0, 0.05) is 19.1 Å². The maximum Gasteiger partial charge on any atom is 0.240 e. The Morgan fingerprint density at radius 2 is 1.76 bits per heavy atom. The van der Waals surface area contributed by atoms with E-state index < -0.39 is 32.0 Å². The summed E-state index contributed by atoms with van der Waals surface area (Å²) >= 11 is 0. The second-order valence-electron chi connectivity index (χ2n) is 6.11. The van der Waals surface area contributed by atoms with E-state index in [-0.39, 0.29) is 29.5 Å². The molecule has 3 N–H and O–H groups in total. The summed E-state index contributed by atoms with van der Waals surface area (Å²) in [6, 6.07) is 11.8. The minimum Gasteiger partial charge on any atom is -0.390 e. The van der Waals surface area contributed by atoms with Gasteiger partial charge in [-0.25, -0.2) is 21.6 Å². The van der Waals surface area contributed by atoms with Gasteiger partial charge in [0.15, 0.2) is 9.84 Å². The summed E-state index contributed by atoms with van der Waals surface area (Å²) in [5.74, 6) is -0.390. The molecule has 0 radical (unpaired) electrons. The van der Waals surface area contributed by atoms with Crippen molar-refractivity contribution >= 4 is 30.6 Å². The van der Waals surface area contributed by atoms with Gasteiger partial charge in [-0.3, -0.25) is 0 Å². The quantitative estimate of drug-likeness (QED) is 0.598. The summed E-state index contributed by atoms with van der Waals surface area (Å²) in [6.07, 6.45) is -0.956. The molecule has 2 aromatic rings. The molecule has 0 spiro atoms. The SMILES string of the molecule is O=S1(=O)C[C@H](NCCNS(=O)(=O)c2ccc3ccccc3c2)[C@@H](O)C1. The smallest absolute Gasteiger partial charge is 0.240 e. The normalized spacial score (nSPS) is 23.1. The molecule has 2 atom stereocenters. The number of nitrogens with one attached hydrogen (secondary N) is 2. The van der Waals surface area contributed by atoms with Crippen LogP contribution in [0.15, 0.2) is 47.4 Å². The number of fused-ring (bicyclic) bond motifs is 1. The summed E-state index contributed by atoms with van der Waals surface area (Å²) < 4.78 is 50.0. The predicted octanol–water partition coefficient (Wildman–Crippen LogP) is -0.134. The van der Waals surface area contributed by atoms with Crippen LogP contribution in [-0.2, 0) is 19.9 Å². The van der Waals surface area contributed by atoms with Gasteiger partial charge in [0.05, 0.1) is 22.5 Å². The molecule has 1 fully saturated rings. The van der Waals surface area contributed by atoms with Crippen molar-refractivity contribution in [1.29, 1.82) is 0 Å². The third kappa shape index (κ3) is 4.36. The van der Waals surface area contributed by atoms with Gasteiger partial charge in [0.25, 0.3) is 0 Å². The molecule has 1 aliphatic rings. The molecule has 136 valence electrons. The highest BCUT2D eigenvalue weighted by Crippen LogP contribution is 2.18. The van der Waals surface area contributed by atoms with Crippen LogP contribution in [0.2, 0.25) is 0 Å². The lowest BCUT2D eigenvalue weighted by molar-refractivity contribution is 0.166. The molecule has 2 aromatic carbocycles. The van der Waals surface area contributed by atoms with Gasteiger partial charge >= 0.3 is 0 Å². The third-order valence-electron chi connectivity index (χ3n) is 4.18. The molecule has 0 aliphatic carbocycles. The monoisotopic (exact) mass is 384 g/mol. The number of benzene rings is 2. The number of sulfonamides is 1. The van der Waals surface area contributed by atoms with E-state index in [0.717, 1.165) is 10.8 Å². The maximum absolute atomic E-state index is 12.4. The van der Waals surface area contributed by atoms with E-state index >= 15 is 0 Å². The summed E-state index contributed by atoms with van der Waals surface area (Å²) in [4.78, 5) is 0.176. The molecule has 25 heavy (non-hydrogen) atoms. The second kappa shape index (κ2) is 7.00. The van der Waals surface area contributed by atoms with Crippen LogP contribution in [-0.4, -0.2) is 58.7 Å². The van der Waals surface area contributed by atoms with Crippen LogP contribution >= 0.6 is 0 Å². The molecule has 0 saturated carbocycles. The Hall–Kier alpha value is -1.52. The standard InChI is InChI=1S/C16H20N2O5S2/c19-16-11-24(20,21)10-15(16)17-7-8-18-25(22,23)14-6-5-12-3-1-2-4-13(12)9-14/h1-6,9,15-19H,7-8,10-11H2/t15-,16-/m0/s1. The second-order valence-corrected chi connectivity index (χ2v) is 10.0. The summed E-state index contributed by atoms with van der Waals surface area (Å²) in [7, 11) is -6.88. The van der Waals surface area contributed by atoms with Crippen molar-refractivity contribution in [3.63, 3.8) is 0 Å². The number of aliphatic hydroxyl groups is 1. The predicted molar refractivity (Wildman–Crippen MR) is 95.6 cm³/mol. The lowest BCUT2D eigenvalue weighted by atomic mass is 10.1. The van der Waals surface area contributed by atoms with Gasteiger partial charge in [-0.05, 0) is 22.9 Å². The molecule has 1 aliphatic heterocycles. The van der Waals surface area contributed by atoms with Crippen LogP contribution in [0.5, 0.6) is 0 Å². The summed E-state index contributed by atoms with van der Waals surface area (Å²) in [6.45, 7) is 0.322. The van der Waals surface area contributed by atoms with E-state index in [0.29, 0.717) is 0 Å². The van der Waals surface area contributed by atoms with Crippen LogP contribution < -0.4 is 10.0 Å². The zero-order chi connectivity index (χ0) is 18.1. The van der Waals surface area contributed by atoms with E-state index in [2.05, 4.69) is 10.0 Å². The molecule has 0 aromatic heterocycles. The first-order valence-corrected chi connectivity index (χ1v) is 11.2. The molecule has 0 unspecified atom stereocenters. The first-order valence-electron chi connectivity index (χ1n) is 7.87. The molecule has 1 saturated heterocycles. The van der Waals surface area contributed by atoms with Gasteiger partial charge in [-0.15, -0.1) is 0 Å². The fourth-order valence-corrected chi connectivity index (χ4v) is 5.73. The molecule has 7 nitrogen and oxygen atoms in total. The molecule has 9 heteroatoms. The van der Waals surface area contributed by atoms with E-state index in [1.807, 2.05) is 24.3 Å². The average Bonchev–Trinajstić information content (AvgIpc) is 2.83. The van der Waals surface area contributed by atoms with Gasteiger partial charge in [0.1, 0.15) is 0 Å². The first-order chi connectivity index (χ1) is 11.8. The molecule has 1 heterocycles. The number of hydrogen-bond donors (Lipinski definition) is 3. The Labute approximate surface area is 147 Å². The topological polar surface area (TPSA) is 113 Å². The fourth-order valence-electron chi connectivity index (χ4n) is 2.88. The summed E-state index contributed by atoms with van der Waals surface area (Å²) in [5.41, 5.74) is 0. The van der Waals surface area contributed by atoms with Crippen LogP contribution in [0, 0.1) is 0 Å². The number of rotatable bonds is 6. The lowest BCUT2D eigenvalue weighted by Crippen LogP contribution is -2.42. The molecular weight excluding hydrogens is 364 g/mol. The van der Waals surface area contributed by atoms with Crippen LogP contribution in [0.3, 0.4) is 0 Å². The minimum absolute atomic E-state index is 0.0957. The molecular formula is C16H20N2O5S2. The third-order valence-corrected chi connectivity index (χ3v) is 7.35. The Bertz CT molecular complexity index is 973. The fraction of sp³-hybridized carbons (Fsp3) is 0.375. The van der Waals surface area contributed by atoms with Gasteiger partial charge < -0.3 is 10.4 Å². The van der Waals surface area contributed by atoms with Crippen LogP contribution in [0.25, 0.3) is 10.8 Å². The Kier molecular flexibility index (Phi) is 5.12. The summed E-state index contributed by atoms with van der Waals surface area (Å²) in [5, 5.41) is 14.4. The van der Waals surface area contributed by atoms with Crippen molar-refractivity contribution < 1.29 is 21.9 Å². The van der Waals surface area contributed by atoms with Crippen molar-refractivity contribution in [1.82, 2.24) is 10.0 Å². The van der Waals surface area contributed by atoms with Gasteiger partial charge in [-0.2, -0.15) is 0 Å². The lowest BCUT2D eigenvalue weighted by Gasteiger charge is -2.15. The highest BCUT2D eigenvalue weighted by atomic mass is 32.2. The Morgan fingerprint density at radius 3 is 2.44 bits per heavy atom. The van der Waals surface area contributed by atoms with Crippen LogP contribution in [0.1, 0.15) is 0 Å². The minimum atomic E-state index is -3.65. The van der Waals surface area contributed by atoms with Crippen molar-refractivity contribution in [3.8, 4) is 0 Å². The zero-order valence-corrected chi connectivity index (χ0v) is 15.1. The van der Waals surface area contributed by atoms with E-state index in [1.54, 1.807) is 18.2 Å². The largest absolute Gasteiger partial charge is 0.390 e. The number of sulfone groups is 1. The van der Waals surface area contributed by atoms with Crippen molar-refractivity contribution in [3.05, 3.63) is 42.5 Å². The Balaban J connectivity index is 1.58. The van der Waals surface area contributed by atoms with E-state index in [4.69, 9.17) is 0 Å². The number of hydrogen-bond acceptors (Lipinski definition) is 6. The van der Waals surface area contributed by atoms with E-state index in [1.165, 1.54) is 0 Å². The average molecular weight is 384 g/mol. The molecule has 0 bridgehead atoms. The van der Waals surface area contributed by atoms with Crippen molar-refractivity contribution in [2.75, 3.05) is 24.6 Å². The maximum atomic E-state index is 12.4. The Morgan fingerprint density at radius 1 is 1.04 bits per heavy atom. The number of aliphatic hydroxyl groups excluding tert-OH is 1. The van der Waals surface area contributed by atoms with Crippen molar-refractivity contribution in [2.45, 2.75) is 17.0 Å². The van der Waals surface area contributed by atoms with E-state index in [9.17, 15) is 21.9 Å². The molecule has 3 rings (SSSR count). The van der Waals surface area contributed by atoms with Gasteiger partial charge in [0.2, 0.25) is 10.0 Å². The highest BCUT2D eigenvalue weighted by Gasteiger charge is 2.35. The van der Waals surface area contributed by atoms with Gasteiger partial charge in [-0.1, -0.05) is 30.3 Å². The van der Waals surface area contributed by atoms with Crippen molar-refractivity contribution in [2.24, 2.45) is 0 Å². The highest BCUT2D eigenvalue weighted by molar-refractivity contribution is 7.91. The molecule has 0 amide bonds. The first kappa shape index (κ1) is 18.3. The van der Waals surface area contributed by atoms with Crippen LogP contribution in [0.4, 0.5) is 0 Å². The zero-order valence-electron chi connectivity index (χ0n) is 13.4.